The first kappa shape index (κ1) is 16.6. The molecule has 0 saturated carbocycles. The summed E-state index contributed by atoms with van der Waals surface area (Å²) in [5, 5.41) is 3.27. The Kier molecular flexibility index (Phi) is 5.26. The van der Waals surface area contributed by atoms with Crippen molar-refractivity contribution in [2.24, 2.45) is 0 Å². The van der Waals surface area contributed by atoms with Gasteiger partial charge in [-0.25, -0.2) is 0 Å². The van der Waals surface area contributed by atoms with Crippen LogP contribution in [0.5, 0.6) is 0 Å². The lowest BCUT2D eigenvalue weighted by atomic mass is 10.1. The smallest absolute Gasteiger partial charge is 0.308 e. The van der Waals surface area contributed by atoms with E-state index in [1.165, 1.54) is 30.2 Å². The summed E-state index contributed by atoms with van der Waals surface area (Å²) >= 11 is 11.8. The Bertz CT molecular complexity index is 601. The van der Waals surface area contributed by atoms with Crippen molar-refractivity contribution < 1.29 is 19.1 Å². The van der Waals surface area contributed by atoms with E-state index in [-0.39, 0.29) is 18.5 Å². The number of carbonyl (C=O) groups is 3. The van der Waals surface area contributed by atoms with Gasteiger partial charge >= 0.3 is 5.97 Å². The molecule has 2 rings (SSSR count). The van der Waals surface area contributed by atoms with E-state index in [4.69, 9.17) is 23.2 Å². The quantitative estimate of drug-likeness (QED) is 0.843. The minimum atomic E-state index is -0.911. The van der Waals surface area contributed by atoms with Crippen LogP contribution >= 0.6 is 23.2 Å². The van der Waals surface area contributed by atoms with Crippen LogP contribution in [0.4, 0.5) is 0 Å². The van der Waals surface area contributed by atoms with Gasteiger partial charge in [0.25, 0.3) is 5.91 Å². The number of rotatable bonds is 3. The van der Waals surface area contributed by atoms with Crippen LogP contribution in [0.2, 0.25) is 10.0 Å². The van der Waals surface area contributed by atoms with Gasteiger partial charge in [0.15, 0.2) is 0 Å². The summed E-state index contributed by atoms with van der Waals surface area (Å²) in [5.41, 5.74) is 0.266. The maximum atomic E-state index is 12.6. The molecule has 0 unspecified atom stereocenters. The molecule has 118 valence electrons. The fraction of sp³-hybridized carbons (Fsp3) is 0.357. The molecule has 22 heavy (non-hydrogen) atoms. The number of esters is 1. The minimum absolute atomic E-state index is 0.206. The van der Waals surface area contributed by atoms with Gasteiger partial charge in [-0.2, -0.15) is 0 Å². The molecule has 1 fully saturated rings. The number of methoxy groups -OCH3 is 1. The lowest BCUT2D eigenvalue weighted by Gasteiger charge is -2.34. The second kappa shape index (κ2) is 6.98. The molecule has 1 saturated heterocycles. The number of halogens is 2. The number of benzene rings is 1. The normalized spacial score (nSPS) is 17.9. The number of hydrogen-bond donors (Lipinski definition) is 1. The molecule has 6 nitrogen and oxygen atoms in total. The van der Waals surface area contributed by atoms with Gasteiger partial charge in [0.1, 0.15) is 6.04 Å². The highest BCUT2D eigenvalue weighted by atomic mass is 35.5. The molecule has 0 radical (unpaired) electrons. The lowest BCUT2D eigenvalue weighted by molar-refractivity contribution is -0.145. The van der Waals surface area contributed by atoms with E-state index in [2.05, 4.69) is 10.1 Å². The zero-order chi connectivity index (χ0) is 16.3. The average Bonchev–Trinajstić information content (AvgIpc) is 2.47. The van der Waals surface area contributed by atoms with Gasteiger partial charge in [-0.1, -0.05) is 23.2 Å². The van der Waals surface area contributed by atoms with Gasteiger partial charge in [0, 0.05) is 28.7 Å². The Balaban J connectivity index is 2.28. The van der Waals surface area contributed by atoms with Crippen molar-refractivity contribution in [1.82, 2.24) is 10.2 Å². The summed E-state index contributed by atoms with van der Waals surface area (Å²) in [5.74, 6) is -1.37. The van der Waals surface area contributed by atoms with E-state index in [1.54, 1.807) is 0 Å². The van der Waals surface area contributed by atoms with Crippen molar-refractivity contribution in [3.8, 4) is 0 Å². The van der Waals surface area contributed by atoms with Gasteiger partial charge in [-0.05, 0) is 18.2 Å². The molecule has 1 atom stereocenters. The Labute approximate surface area is 137 Å². The van der Waals surface area contributed by atoms with Crippen molar-refractivity contribution in [2.45, 2.75) is 12.5 Å². The molecule has 8 heteroatoms. The molecule has 0 bridgehead atoms. The average molecular weight is 345 g/mol. The third-order valence-corrected chi connectivity index (χ3v) is 3.73. The molecule has 1 heterocycles. The second-order valence-corrected chi connectivity index (χ2v) is 5.62. The summed E-state index contributed by atoms with van der Waals surface area (Å²) in [7, 11) is 1.23. The number of hydrogen-bond acceptors (Lipinski definition) is 4. The van der Waals surface area contributed by atoms with Crippen molar-refractivity contribution in [3.05, 3.63) is 33.8 Å². The number of piperazine rings is 1. The summed E-state index contributed by atoms with van der Waals surface area (Å²) in [6.45, 7) is 0.604. The first-order valence-electron chi connectivity index (χ1n) is 6.54. The van der Waals surface area contributed by atoms with Crippen molar-refractivity contribution in [3.63, 3.8) is 0 Å². The number of ether oxygens (including phenoxy) is 1. The van der Waals surface area contributed by atoms with Crippen LogP contribution in [0.1, 0.15) is 16.8 Å². The van der Waals surface area contributed by atoms with E-state index in [0.717, 1.165) is 0 Å². The first-order valence-corrected chi connectivity index (χ1v) is 7.29. The largest absolute Gasteiger partial charge is 0.469 e. The molecule has 1 aromatic carbocycles. The summed E-state index contributed by atoms with van der Waals surface area (Å²) in [6.07, 6.45) is -0.206. The Morgan fingerprint density at radius 3 is 2.55 bits per heavy atom. The van der Waals surface area contributed by atoms with Gasteiger partial charge in [0.05, 0.1) is 13.5 Å². The van der Waals surface area contributed by atoms with Crippen molar-refractivity contribution in [2.75, 3.05) is 20.2 Å². The van der Waals surface area contributed by atoms with Crippen LogP contribution in [-0.4, -0.2) is 48.9 Å². The zero-order valence-corrected chi connectivity index (χ0v) is 13.3. The molecule has 1 N–H and O–H groups in total. The maximum absolute atomic E-state index is 12.6. The molecule has 1 aliphatic rings. The van der Waals surface area contributed by atoms with Gasteiger partial charge in [0.2, 0.25) is 5.91 Å². The van der Waals surface area contributed by atoms with E-state index in [1.807, 2.05) is 0 Å². The highest BCUT2D eigenvalue weighted by Crippen LogP contribution is 2.22. The van der Waals surface area contributed by atoms with Crippen LogP contribution < -0.4 is 5.32 Å². The summed E-state index contributed by atoms with van der Waals surface area (Å²) in [6, 6.07) is 3.54. The Morgan fingerprint density at radius 1 is 1.32 bits per heavy atom. The maximum Gasteiger partial charge on any atom is 0.308 e. The first-order chi connectivity index (χ1) is 10.4. The molecule has 1 aliphatic heterocycles. The second-order valence-electron chi connectivity index (χ2n) is 4.74. The highest BCUT2D eigenvalue weighted by molar-refractivity contribution is 6.35. The molecule has 2 amide bonds. The molecular weight excluding hydrogens is 331 g/mol. The minimum Gasteiger partial charge on any atom is -0.469 e. The molecular formula is C14H14Cl2N2O4. The van der Waals surface area contributed by atoms with Gasteiger partial charge in [-0.15, -0.1) is 0 Å². The molecule has 0 aromatic heterocycles. The highest BCUT2D eigenvalue weighted by Gasteiger charge is 2.35. The standard InChI is InChI=1S/C14H14Cl2N2O4/c1-22-12(19)7-11-13(20)17-2-3-18(11)14(21)8-4-9(15)6-10(16)5-8/h4-6,11H,2-3,7H2,1H3,(H,17,20)/t11-/m1/s1. The van der Waals surface area contributed by atoms with E-state index in [0.29, 0.717) is 16.6 Å². The van der Waals surface area contributed by atoms with E-state index in [9.17, 15) is 14.4 Å². The SMILES string of the molecule is COC(=O)C[C@@H]1C(=O)NCCN1C(=O)c1cc(Cl)cc(Cl)c1. The molecule has 1 aromatic rings. The predicted octanol–water partition coefficient (Wildman–Crippen LogP) is 1.50. The van der Waals surface area contributed by atoms with Crippen LogP contribution in [0.3, 0.4) is 0 Å². The lowest BCUT2D eigenvalue weighted by Crippen LogP contribution is -2.57. The number of nitrogens with zero attached hydrogens (tertiary/aromatic N) is 1. The molecule has 0 spiro atoms. The summed E-state index contributed by atoms with van der Waals surface area (Å²) < 4.78 is 4.57. The Morgan fingerprint density at radius 2 is 1.95 bits per heavy atom. The van der Waals surface area contributed by atoms with Crippen LogP contribution in [0.25, 0.3) is 0 Å². The van der Waals surface area contributed by atoms with Crippen molar-refractivity contribution in [1.29, 1.82) is 0 Å². The number of nitrogens with one attached hydrogen (secondary N) is 1. The Hall–Kier alpha value is -1.79. The summed E-state index contributed by atoms with van der Waals surface area (Å²) in [4.78, 5) is 37.4. The van der Waals surface area contributed by atoms with Gasteiger partial charge in [-0.3, -0.25) is 14.4 Å². The van der Waals surface area contributed by atoms with E-state index >= 15 is 0 Å². The monoisotopic (exact) mass is 344 g/mol. The van der Waals surface area contributed by atoms with Gasteiger partial charge < -0.3 is 15.0 Å². The third-order valence-electron chi connectivity index (χ3n) is 3.29. The predicted molar refractivity (Wildman–Crippen MR) is 80.9 cm³/mol. The number of carbonyl (C=O) groups excluding carboxylic acids is 3. The van der Waals surface area contributed by atoms with Crippen molar-refractivity contribution >= 4 is 41.0 Å². The van der Waals surface area contributed by atoms with Crippen LogP contribution in [-0.2, 0) is 14.3 Å². The topological polar surface area (TPSA) is 75.7 Å². The third kappa shape index (κ3) is 3.69. The van der Waals surface area contributed by atoms with E-state index < -0.39 is 23.8 Å². The van der Waals surface area contributed by atoms with Crippen LogP contribution in [0, 0.1) is 0 Å². The fourth-order valence-corrected chi connectivity index (χ4v) is 2.77. The van der Waals surface area contributed by atoms with Crippen LogP contribution in [0.15, 0.2) is 18.2 Å². The fourth-order valence-electron chi connectivity index (χ4n) is 2.25. The number of amides is 2. The molecule has 0 aliphatic carbocycles. The zero-order valence-electron chi connectivity index (χ0n) is 11.8.